The lowest BCUT2D eigenvalue weighted by Crippen LogP contribution is -2.46. The topological polar surface area (TPSA) is 55.8 Å². The molecule has 0 aromatic carbocycles. The minimum absolute atomic E-state index is 0.438. The zero-order chi connectivity index (χ0) is 17.7. The summed E-state index contributed by atoms with van der Waals surface area (Å²) in [5, 5.41) is 7.00. The van der Waals surface area contributed by atoms with Crippen molar-refractivity contribution in [1.82, 2.24) is 20.5 Å². The summed E-state index contributed by atoms with van der Waals surface area (Å²) in [5.74, 6) is 2.45. The molecule has 2 rings (SSSR count). The van der Waals surface area contributed by atoms with Crippen molar-refractivity contribution in [3.63, 3.8) is 0 Å². The number of pyridine rings is 1. The molecule has 24 heavy (non-hydrogen) atoms. The van der Waals surface area contributed by atoms with E-state index in [0.717, 1.165) is 31.4 Å². The summed E-state index contributed by atoms with van der Waals surface area (Å²) in [5.41, 5.74) is 1.19. The molecule has 6 nitrogen and oxygen atoms in total. The number of hydrogen-bond acceptors (Lipinski definition) is 4. The van der Waals surface area contributed by atoms with Gasteiger partial charge in [-0.3, -0.25) is 9.89 Å². The first-order valence-electron chi connectivity index (χ1n) is 8.74. The number of hydrogen-bond donors (Lipinski definition) is 2. The lowest BCUT2D eigenvalue weighted by molar-refractivity contribution is 0.265. The molecule has 0 bridgehead atoms. The van der Waals surface area contributed by atoms with E-state index in [1.54, 1.807) is 0 Å². The number of nitrogens with one attached hydrogen (secondary N) is 2. The molecule has 1 aromatic heterocycles. The maximum atomic E-state index is 4.38. The van der Waals surface area contributed by atoms with Crippen molar-refractivity contribution in [2.24, 2.45) is 10.9 Å². The molecule has 1 fully saturated rings. The normalized spacial score (nSPS) is 22.0. The summed E-state index contributed by atoms with van der Waals surface area (Å²) in [4.78, 5) is 13.3. The first-order valence-corrected chi connectivity index (χ1v) is 8.74. The van der Waals surface area contributed by atoms with Gasteiger partial charge in [-0.15, -0.1) is 0 Å². The van der Waals surface area contributed by atoms with E-state index in [2.05, 4.69) is 52.3 Å². The van der Waals surface area contributed by atoms with Crippen molar-refractivity contribution in [2.45, 2.75) is 39.4 Å². The first kappa shape index (κ1) is 18.5. The lowest BCUT2D eigenvalue weighted by atomic mass is 10.1. The van der Waals surface area contributed by atoms with Crippen molar-refractivity contribution >= 4 is 11.8 Å². The van der Waals surface area contributed by atoms with Gasteiger partial charge in [0, 0.05) is 59.1 Å². The Hall–Kier alpha value is -1.82. The van der Waals surface area contributed by atoms with Crippen molar-refractivity contribution < 1.29 is 0 Å². The van der Waals surface area contributed by atoms with Crippen molar-refractivity contribution in [3.05, 3.63) is 23.9 Å². The molecule has 0 saturated carbocycles. The molecular weight excluding hydrogens is 300 g/mol. The van der Waals surface area contributed by atoms with Gasteiger partial charge in [-0.05, 0) is 37.5 Å². The molecule has 1 aliphatic rings. The molecule has 6 heteroatoms. The standard InChI is InChI=1S/C18H32N6/c1-13(2)24-11-14(3)16(12-24)22-18(19-4)21-10-15-7-8-20-17(9-15)23(5)6/h7-9,13-14,16H,10-12H2,1-6H3,(H2,19,21,22). The highest BCUT2D eigenvalue weighted by atomic mass is 15.3. The van der Waals surface area contributed by atoms with Gasteiger partial charge in [-0.2, -0.15) is 0 Å². The highest BCUT2D eigenvalue weighted by Crippen LogP contribution is 2.18. The van der Waals surface area contributed by atoms with Crippen LogP contribution in [0.3, 0.4) is 0 Å². The van der Waals surface area contributed by atoms with Crippen LogP contribution in [0.1, 0.15) is 26.3 Å². The quantitative estimate of drug-likeness (QED) is 0.633. The van der Waals surface area contributed by atoms with E-state index in [1.165, 1.54) is 5.56 Å². The minimum atomic E-state index is 0.438. The second-order valence-corrected chi connectivity index (χ2v) is 7.12. The maximum absolute atomic E-state index is 4.38. The Morgan fingerprint density at radius 2 is 2.17 bits per heavy atom. The fraction of sp³-hybridized carbons (Fsp3) is 0.667. The number of aromatic nitrogens is 1. The van der Waals surface area contributed by atoms with Crippen LogP contribution < -0.4 is 15.5 Å². The predicted molar refractivity (Wildman–Crippen MR) is 102 cm³/mol. The molecule has 0 aliphatic carbocycles. The smallest absolute Gasteiger partial charge is 0.191 e. The molecule has 0 amide bonds. The fourth-order valence-corrected chi connectivity index (χ4v) is 2.98. The number of guanidine groups is 1. The molecule has 2 unspecified atom stereocenters. The Morgan fingerprint density at radius 3 is 2.75 bits per heavy atom. The second-order valence-electron chi connectivity index (χ2n) is 7.12. The van der Waals surface area contributed by atoms with Crippen LogP contribution in [0.5, 0.6) is 0 Å². The number of anilines is 1. The number of aliphatic imine (C=N–C) groups is 1. The largest absolute Gasteiger partial charge is 0.363 e. The van der Waals surface area contributed by atoms with Crippen LogP contribution in [-0.2, 0) is 6.54 Å². The van der Waals surface area contributed by atoms with E-state index in [-0.39, 0.29) is 0 Å². The first-order chi connectivity index (χ1) is 11.4. The summed E-state index contributed by atoms with van der Waals surface area (Å²) in [6, 6.07) is 5.16. The molecule has 0 spiro atoms. The van der Waals surface area contributed by atoms with Gasteiger partial charge >= 0.3 is 0 Å². The monoisotopic (exact) mass is 332 g/mol. The van der Waals surface area contributed by atoms with Crippen LogP contribution in [0.15, 0.2) is 23.3 Å². The molecule has 2 N–H and O–H groups in total. The third-order valence-electron chi connectivity index (χ3n) is 4.64. The van der Waals surface area contributed by atoms with E-state index in [1.807, 2.05) is 38.3 Å². The van der Waals surface area contributed by atoms with Gasteiger partial charge in [-0.1, -0.05) is 6.92 Å². The zero-order valence-electron chi connectivity index (χ0n) is 15.9. The highest BCUT2D eigenvalue weighted by Gasteiger charge is 2.31. The fourth-order valence-electron chi connectivity index (χ4n) is 2.98. The number of likely N-dealkylation sites (tertiary alicyclic amines) is 1. The van der Waals surface area contributed by atoms with Gasteiger partial charge in [0.1, 0.15) is 5.82 Å². The molecule has 2 atom stereocenters. The van der Waals surface area contributed by atoms with Gasteiger partial charge in [0.05, 0.1) is 0 Å². The molecule has 1 aromatic rings. The molecule has 2 heterocycles. The van der Waals surface area contributed by atoms with Crippen LogP contribution in [0, 0.1) is 5.92 Å². The average molecular weight is 332 g/mol. The van der Waals surface area contributed by atoms with E-state index in [4.69, 9.17) is 0 Å². The lowest BCUT2D eigenvalue weighted by Gasteiger charge is -2.22. The highest BCUT2D eigenvalue weighted by molar-refractivity contribution is 5.80. The summed E-state index contributed by atoms with van der Waals surface area (Å²) in [7, 11) is 5.83. The summed E-state index contributed by atoms with van der Waals surface area (Å²) in [6.45, 7) is 9.77. The van der Waals surface area contributed by atoms with Gasteiger partial charge in [0.25, 0.3) is 0 Å². The Labute approximate surface area is 146 Å². The van der Waals surface area contributed by atoms with Gasteiger partial charge in [-0.25, -0.2) is 4.98 Å². The van der Waals surface area contributed by atoms with E-state index in [9.17, 15) is 0 Å². The van der Waals surface area contributed by atoms with Crippen LogP contribution in [-0.4, -0.2) is 62.2 Å². The van der Waals surface area contributed by atoms with Crippen LogP contribution in [0.2, 0.25) is 0 Å². The zero-order valence-corrected chi connectivity index (χ0v) is 15.9. The van der Waals surface area contributed by atoms with Gasteiger partial charge in [0.15, 0.2) is 5.96 Å². The van der Waals surface area contributed by atoms with Gasteiger partial charge in [0.2, 0.25) is 0 Å². The molecule has 1 saturated heterocycles. The Bertz CT molecular complexity index is 554. The molecule has 1 aliphatic heterocycles. The molecule has 0 radical (unpaired) electrons. The van der Waals surface area contributed by atoms with E-state index < -0.39 is 0 Å². The third kappa shape index (κ3) is 4.84. The van der Waals surface area contributed by atoms with Crippen molar-refractivity contribution in [1.29, 1.82) is 0 Å². The second kappa shape index (κ2) is 8.33. The summed E-state index contributed by atoms with van der Waals surface area (Å²) >= 11 is 0. The SMILES string of the molecule is CN=C(NCc1ccnc(N(C)C)c1)NC1CN(C(C)C)CC1C. The maximum Gasteiger partial charge on any atom is 0.191 e. The number of rotatable bonds is 5. The van der Waals surface area contributed by atoms with Crippen molar-refractivity contribution in [2.75, 3.05) is 39.1 Å². The average Bonchev–Trinajstić information content (AvgIpc) is 2.92. The Balaban J connectivity index is 1.90. The van der Waals surface area contributed by atoms with Crippen LogP contribution in [0.4, 0.5) is 5.82 Å². The number of nitrogens with zero attached hydrogens (tertiary/aromatic N) is 4. The minimum Gasteiger partial charge on any atom is -0.363 e. The van der Waals surface area contributed by atoms with Gasteiger partial charge < -0.3 is 15.5 Å². The predicted octanol–water partition coefficient (Wildman–Crippen LogP) is 1.54. The van der Waals surface area contributed by atoms with E-state index >= 15 is 0 Å². The Kier molecular flexibility index (Phi) is 6.43. The third-order valence-corrected chi connectivity index (χ3v) is 4.64. The van der Waals surface area contributed by atoms with Crippen LogP contribution >= 0.6 is 0 Å². The summed E-state index contributed by atoms with van der Waals surface area (Å²) in [6.07, 6.45) is 1.85. The summed E-state index contributed by atoms with van der Waals surface area (Å²) < 4.78 is 0. The van der Waals surface area contributed by atoms with Crippen LogP contribution in [0.25, 0.3) is 0 Å². The Morgan fingerprint density at radius 1 is 1.42 bits per heavy atom. The molecular formula is C18H32N6. The van der Waals surface area contributed by atoms with Crippen molar-refractivity contribution in [3.8, 4) is 0 Å². The molecule has 134 valence electrons. The van der Waals surface area contributed by atoms with E-state index in [0.29, 0.717) is 18.0 Å².